The first-order chi connectivity index (χ1) is 9.62. The number of halogens is 3. The van der Waals surface area contributed by atoms with Crippen LogP contribution < -0.4 is 0 Å². The second-order valence-corrected chi connectivity index (χ2v) is 7.86. The van der Waals surface area contributed by atoms with Gasteiger partial charge in [-0.05, 0) is 31.0 Å². The molecule has 10 heteroatoms. The molecule has 1 heterocycles. The normalized spacial score (nSPS) is 18.8. The molecule has 0 amide bonds. The summed E-state index contributed by atoms with van der Waals surface area (Å²) >= 11 is 0. The number of sulfonamides is 1. The van der Waals surface area contributed by atoms with Crippen molar-refractivity contribution < 1.29 is 29.5 Å². The van der Waals surface area contributed by atoms with E-state index in [1.165, 1.54) is 0 Å². The Morgan fingerprint density at radius 3 is 2.19 bits per heavy atom. The Labute approximate surface area is 120 Å². The topological polar surface area (TPSA) is 71.5 Å². The van der Waals surface area contributed by atoms with Crippen LogP contribution in [-0.2, 0) is 20.2 Å². The van der Waals surface area contributed by atoms with E-state index in [1.807, 2.05) is 0 Å². The van der Waals surface area contributed by atoms with Crippen molar-refractivity contribution in [1.29, 1.82) is 0 Å². The van der Waals surface area contributed by atoms with Gasteiger partial charge in [0.2, 0.25) is 10.0 Å². The summed E-state index contributed by atoms with van der Waals surface area (Å²) in [5, 5.41) is 0. The molecule has 0 aliphatic carbocycles. The van der Waals surface area contributed by atoms with Crippen LogP contribution in [0.2, 0.25) is 0 Å². The molecule has 0 N–H and O–H groups in total. The summed E-state index contributed by atoms with van der Waals surface area (Å²) in [6, 6.07) is 1.85. The summed E-state index contributed by atoms with van der Waals surface area (Å²) in [6.07, 6.45) is -1.05. The molecule has 0 aromatic heterocycles. The van der Waals surface area contributed by atoms with E-state index in [2.05, 4.69) is 0 Å². The molecule has 1 fully saturated rings. The molecule has 0 unspecified atom stereocenters. The lowest BCUT2D eigenvalue weighted by Crippen LogP contribution is -2.39. The summed E-state index contributed by atoms with van der Waals surface area (Å²) < 4.78 is 86.2. The van der Waals surface area contributed by atoms with Gasteiger partial charge < -0.3 is 0 Å². The molecule has 118 valence electrons. The molecule has 0 atom stereocenters. The fourth-order valence-electron chi connectivity index (χ4n) is 2.04. The zero-order valence-electron chi connectivity index (χ0n) is 10.7. The largest absolute Gasteiger partial charge is 0.335 e. The Kier molecular flexibility index (Phi) is 4.31. The van der Waals surface area contributed by atoms with Crippen molar-refractivity contribution in [3.8, 4) is 0 Å². The Morgan fingerprint density at radius 1 is 1.10 bits per heavy atom. The minimum atomic E-state index is -5.37. The molecule has 0 spiro atoms. The van der Waals surface area contributed by atoms with Crippen LogP contribution in [0.5, 0.6) is 0 Å². The number of alkyl halides is 1. The highest BCUT2D eigenvalue weighted by Crippen LogP contribution is 2.26. The van der Waals surface area contributed by atoms with Crippen LogP contribution in [0, 0.1) is 5.82 Å². The third kappa shape index (κ3) is 3.38. The van der Waals surface area contributed by atoms with E-state index in [0.29, 0.717) is 12.1 Å². The van der Waals surface area contributed by atoms with Crippen LogP contribution in [0.1, 0.15) is 12.8 Å². The molecule has 1 aliphatic heterocycles. The molecular formula is C11H12F3NO4S2. The first-order valence-electron chi connectivity index (χ1n) is 6.01. The van der Waals surface area contributed by atoms with Crippen molar-refractivity contribution in [2.45, 2.75) is 28.8 Å². The van der Waals surface area contributed by atoms with Crippen molar-refractivity contribution in [2.75, 3.05) is 13.1 Å². The van der Waals surface area contributed by atoms with Gasteiger partial charge in [-0.3, -0.25) is 0 Å². The third-order valence-electron chi connectivity index (χ3n) is 3.19. The number of hydrogen-bond donors (Lipinski definition) is 0. The minimum Gasteiger partial charge on any atom is -0.247 e. The van der Waals surface area contributed by atoms with Crippen molar-refractivity contribution in [3.63, 3.8) is 0 Å². The summed E-state index contributed by atoms with van der Waals surface area (Å²) in [5.74, 6) is -1.38. The fourth-order valence-corrected chi connectivity index (χ4v) is 4.18. The Hall–Kier alpha value is -1.13. The lowest BCUT2D eigenvalue weighted by Gasteiger charge is -2.27. The number of piperidine rings is 1. The highest BCUT2D eigenvalue weighted by atomic mass is 32.3. The maximum Gasteiger partial charge on any atom is 0.335 e. The van der Waals surface area contributed by atoms with Gasteiger partial charge in [0.05, 0.1) is 4.90 Å². The first-order valence-corrected chi connectivity index (χ1v) is 8.83. The van der Waals surface area contributed by atoms with Gasteiger partial charge in [0.25, 0.3) is 0 Å². The standard InChI is InChI=1S/C11H12F3NO4S2/c12-8-3-5-15(6-4-8)21(18,19)9-1-2-10(13)11(7-9)20(14,16)17/h1-2,7-8H,3-6H2. The van der Waals surface area contributed by atoms with E-state index in [9.17, 15) is 29.5 Å². The maximum atomic E-state index is 13.3. The summed E-state index contributed by atoms with van der Waals surface area (Å²) in [7, 11) is -9.49. The molecule has 1 aromatic rings. The van der Waals surface area contributed by atoms with Crippen LogP contribution in [0.25, 0.3) is 0 Å². The molecule has 1 aliphatic rings. The van der Waals surface area contributed by atoms with Gasteiger partial charge >= 0.3 is 10.2 Å². The predicted molar refractivity (Wildman–Crippen MR) is 67.6 cm³/mol. The molecule has 5 nitrogen and oxygen atoms in total. The fraction of sp³-hybridized carbons (Fsp3) is 0.455. The van der Waals surface area contributed by atoms with Gasteiger partial charge in [-0.1, -0.05) is 0 Å². The molecule has 0 bridgehead atoms. The molecule has 2 rings (SSSR count). The van der Waals surface area contributed by atoms with Crippen molar-refractivity contribution in [1.82, 2.24) is 4.31 Å². The number of hydrogen-bond acceptors (Lipinski definition) is 4. The molecular weight excluding hydrogens is 331 g/mol. The molecule has 0 saturated carbocycles. The average molecular weight is 343 g/mol. The Balaban J connectivity index is 2.42. The third-order valence-corrected chi connectivity index (χ3v) is 5.92. The van der Waals surface area contributed by atoms with Crippen molar-refractivity contribution in [3.05, 3.63) is 24.0 Å². The molecule has 1 saturated heterocycles. The van der Waals surface area contributed by atoms with Crippen LogP contribution in [0.4, 0.5) is 12.7 Å². The summed E-state index contributed by atoms with van der Waals surface area (Å²) in [4.78, 5) is -1.87. The number of rotatable bonds is 3. The van der Waals surface area contributed by atoms with Gasteiger partial charge in [-0.25, -0.2) is 17.2 Å². The van der Waals surface area contributed by atoms with E-state index >= 15 is 0 Å². The predicted octanol–water partition coefficient (Wildman–Crippen LogP) is 1.61. The van der Waals surface area contributed by atoms with Crippen LogP contribution in [-0.4, -0.2) is 40.4 Å². The van der Waals surface area contributed by atoms with E-state index in [4.69, 9.17) is 0 Å². The summed E-state index contributed by atoms with van der Waals surface area (Å²) in [5.41, 5.74) is 0. The molecule has 1 aromatic carbocycles. The van der Waals surface area contributed by atoms with Crippen LogP contribution in [0.15, 0.2) is 28.0 Å². The quantitative estimate of drug-likeness (QED) is 0.782. The van der Waals surface area contributed by atoms with Gasteiger partial charge in [-0.2, -0.15) is 12.7 Å². The van der Waals surface area contributed by atoms with Crippen molar-refractivity contribution >= 4 is 20.2 Å². The highest BCUT2D eigenvalue weighted by molar-refractivity contribution is 7.89. The van der Waals surface area contributed by atoms with Crippen LogP contribution in [0.3, 0.4) is 0 Å². The molecule has 0 radical (unpaired) electrons. The van der Waals surface area contributed by atoms with Crippen LogP contribution >= 0.6 is 0 Å². The lowest BCUT2D eigenvalue weighted by molar-refractivity contribution is 0.210. The SMILES string of the molecule is O=S(=O)(F)c1cc(S(=O)(=O)N2CCC(F)CC2)ccc1F. The Bertz CT molecular complexity index is 741. The zero-order chi connectivity index (χ0) is 15.8. The van der Waals surface area contributed by atoms with E-state index in [-0.39, 0.29) is 25.9 Å². The smallest absolute Gasteiger partial charge is 0.247 e. The lowest BCUT2D eigenvalue weighted by atomic mass is 10.1. The van der Waals surface area contributed by atoms with Gasteiger partial charge in [-0.15, -0.1) is 3.89 Å². The second kappa shape index (κ2) is 5.58. The second-order valence-electron chi connectivity index (χ2n) is 4.61. The van der Waals surface area contributed by atoms with Gasteiger partial charge in [0, 0.05) is 13.1 Å². The maximum absolute atomic E-state index is 13.3. The summed E-state index contributed by atoms with van der Waals surface area (Å²) in [6.45, 7) is -0.142. The van der Waals surface area contributed by atoms with Gasteiger partial charge in [0.15, 0.2) is 0 Å². The monoisotopic (exact) mass is 343 g/mol. The zero-order valence-corrected chi connectivity index (χ0v) is 12.3. The average Bonchev–Trinajstić information content (AvgIpc) is 2.38. The van der Waals surface area contributed by atoms with E-state index in [0.717, 1.165) is 10.4 Å². The molecule has 21 heavy (non-hydrogen) atoms. The van der Waals surface area contributed by atoms with Gasteiger partial charge in [0.1, 0.15) is 16.9 Å². The van der Waals surface area contributed by atoms with E-state index in [1.54, 1.807) is 0 Å². The number of benzene rings is 1. The first kappa shape index (κ1) is 16.2. The Morgan fingerprint density at radius 2 is 1.67 bits per heavy atom. The highest BCUT2D eigenvalue weighted by Gasteiger charge is 2.31. The minimum absolute atomic E-state index is 0.0225. The van der Waals surface area contributed by atoms with Crippen molar-refractivity contribution in [2.24, 2.45) is 0 Å². The van der Waals surface area contributed by atoms with E-state index < -0.39 is 42.0 Å². The number of nitrogens with zero attached hydrogens (tertiary/aromatic N) is 1.